The fourth-order valence-electron chi connectivity index (χ4n) is 1.62. The van der Waals surface area contributed by atoms with Gasteiger partial charge in [-0.15, -0.1) is 11.3 Å². The van der Waals surface area contributed by atoms with Gasteiger partial charge in [0.25, 0.3) is 0 Å². The minimum Gasteiger partial charge on any atom is -0.318 e. The molecule has 1 atom stereocenters. The molecule has 0 saturated heterocycles. The molecule has 0 saturated carbocycles. The topological polar surface area (TPSA) is 43.1 Å². The second-order valence-electron chi connectivity index (χ2n) is 3.64. The summed E-state index contributed by atoms with van der Waals surface area (Å²) in [6, 6.07) is 10.7. The molecular weight excluding hydrogens is 218 g/mol. The van der Waals surface area contributed by atoms with E-state index in [1.807, 2.05) is 48.7 Å². The van der Waals surface area contributed by atoms with Gasteiger partial charge in [0.2, 0.25) is 0 Å². The first-order chi connectivity index (χ1) is 7.70. The third-order valence-corrected chi connectivity index (χ3v) is 3.41. The fourth-order valence-corrected chi connectivity index (χ4v) is 2.32. The highest BCUT2D eigenvalue weighted by atomic mass is 32.1. The van der Waals surface area contributed by atoms with Crippen LogP contribution in [0.15, 0.2) is 41.8 Å². The van der Waals surface area contributed by atoms with Gasteiger partial charge >= 0.3 is 0 Å². The van der Waals surface area contributed by atoms with Crippen molar-refractivity contribution in [3.63, 3.8) is 0 Å². The minimum atomic E-state index is -0.561. The summed E-state index contributed by atoms with van der Waals surface area (Å²) < 4.78 is 0. The van der Waals surface area contributed by atoms with E-state index in [0.29, 0.717) is 0 Å². The molecule has 2 rings (SSSR count). The van der Waals surface area contributed by atoms with E-state index in [4.69, 9.17) is 5.73 Å². The van der Waals surface area contributed by atoms with Crippen LogP contribution in [0, 0.1) is 6.92 Å². The lowest BCUT2D eigenvalue weighted by atomic mass is 9.99. The summed E-state index contributed by atoms with van der Waals surface area (Å²) in [5, 5.41) is 1.92. The number of benzene rings is 1. The third-order valence-electron chi connectivity index (χ3n) is 2.57. The van der Waals surface area contributed by atoms with Gasteiger partial charge in [0.15, 0.2) is 5.78 Å². The molecular formula is C13H13NOS. The predicted octanol–water partition coefficient (Wildman–Crippen LogP) is 2.94. The van der Waals surface area contributed by atoms with Crippen LogP contribution < -0.4 is 5.73 Å². The van der Waals surface area contributed by atoms with Crippen molar-refractivity contribution >= 4 is 17.1 Å². The highest BCUT2D eigenvalue weighted by Gasteiger charge is 2.19. The maximum Gasteiger partial charge on any atom is 0.185 e. The van der Waals surface area contributed by atoms with Crippen LogP contribution in [0.1, 0.15) is 26.8 Å². The van der Waals surface area contributed by atoms with Crippen molar-refractivity contribution in [3.05, 3.63) is 57.8 Å². The summed E-state index contributed by atoms with van der Waals surface area (Å²) in [5.74, 6) is -0.00931. The number of Topliss-reactive ketones (excluding diaryl/α,β-unsaturated/α-hetero) is 1. The molecule has 2 nitrogen and oxygen atoms in total. The van der Waals surface area contributed by atoms with Gasteiger partial charge in [-0.05, 0) is 23.9 Å². The van der Waals surface area contributed by atoms with Gasteiger partial charge in [-0.2, -0.15) is 0 Å². The second-order valence-corrected chi connectivity index (χ2v) is 4.76. The monoisotopic (exact) mass is 231 g/mol. The van der Waals surface area contributed by atoms with E-state index >= 15 is 0 Å². The average Bonchev–Trinajstić information content (AvgIpc) is 2.75. The van der Waals surface area contributed by atoms with Gasteiger partial charge in [-0.25, -0.2) is 0 Å². The fraction of sp³-hybridized carbons (Fsp3) is 0.154. The molecule has 0 unspecified atom stereocenters. The van der Waals surface area contributed by atoms with Crippen molar-refractivity contribution in [2.75, 3.05) is 0 Å². The SMILES string of the molecule is Cc1sccc1C(=O)[C@H](N)c1ccccc1. The van der Waals surface area contributed by atoms with Gasteiger partial charge in [-0.1, -0.05) is 30.3 Å². The van der Waals surface area contributed by atoms with Crippen LogP contribution in [-0.2, 0) is 0 Å². The molecule has 0 radical (unpaired) electrons. The Morgan fingerprint density at radius 1 is 1.25 bits per heavy atom. The minimum absolute atomic E-state index is 0.00931. The summed E-state index contributed by atoms with van der Waals surface area (Å²) >= 11 is 1.57. The van der Waals surface area contributed by atoms with E-state index in [1.54, 1.807) is 11.3 Å². The standard InChI is InChI=1S/C13H13NOS/c1-9-11(7-8-16-9)13(15)12(14)10-5-3-2-4-6-10/h2-8,12H,14H2,1H3/t12-/m1/s1. The largest absolute Gasteiger partial charge is 0.318 e. The number of ketones is 1. The lowest BCUT2D eigenvalue weighted by molar-refractivity contribution is 0.0961. The smallest absolute Gasteiger partial charge is 0.185 e. The third kappa shape index (κ3) is 2.05. The van der Waals surface area contributed by atoms with E-state index in [2.05, 4.69) is 0 Å². The van der Waals surface area contributed by atoms with Crippen LogP contribution in [0.2, 0.25) is 0 Å². The van der Waals surface area contributed by atoms with Crippen LogP contribution in [0.4, 0.5) is 0 Å². The molecule has 2 aromatic rings. The first-order valence-corrected chi connectivity index (χ1v) is 5.97. The number of carbonyl (C=O) groups is 1. The Labute approximate surface area is 98.7 Å². The van der Waals surface area contributed by atoms with Gasteiger partial charge in [0, 0.05) is 10.4 Å². The molecule has 82 valence electrons. The Morgan fingerprint density at radius 2 is 1.94 bits per heavy atom. The molecule has 0 amide bonds. The zero-order valence-electron chi connectivity index (χ0n) is 9.01. The van der Waals surface area contributed by atoms with E-state index in [0.717, 1.165) is 16.0 Å². The van der Waals surface area contributed by atoms with Crippen molar-refractivity contribution in [2.45, 2.75) is 13.0 Å². The molecule has 0 fully saturated rings. The Morgan fingerprint density at radius 3 is 2.50 bits per heavy atom. The zero-order chi connectivity index (χ0) is 11.5. The Bertz CT molecular complexity index is 490. The summed E-state index contributed by atoms with van der Waals surface area (Å²) in [6.07, 6.45) is 0. The van der Waals surface area contributed by atoms with E-state index in [-0.39, 0.29) is 5.78 Å². The van der Waals surface area contributed by atoms with Crippen molar-refractivity contribution in [1.29, 1.82) is 0 Å². The molecule has 1 aromatic heterocycles. The van der Waals surface area contributed by atoms with Crippen LogP contribution in [-0.4, -0.2) is 5.78 Å². The van der Waals surface area contributed by atoms with E-state index < -0.39 is 6.04 Å². The molecule has 0 aliphatic heterocycles. The van der Waals surface area contributed by atoms with Crippen LogP contribution in [0.25, 0.3) is 0 Å². The number of hydrogen-bond acceptors (Lipinski definition) is 3. The number of rotatable bonds is 3. The molecule has 3 heteroatoms. The Kier molecular flexibility index (Phi) is 3.17. The van der Waals surface area contributed by atoms with E-state index in [1.165, 1.54) is 0 Å². The molecule has 1 aromatic carbocycles. The first-order valence-electron chi connectivity index (χ1n) is 5.09. The number of nitrogens with two attached hydrogens (primary N) is 1. The second kappa shape index (κ2) is 4.60. The van der Waals surface area contributed by atoms with Gasteiger partial charge in [-0.3, -0.25) is 4.79 Å². The summed E-state index contributed by atoms with van der Waals surface area (Å²) in [6.45, 7) is 1.94. The number of carbonyl (C=O) groups excluding carboxylic acids is 1. The molecule has 2 N–H and O–H groups in total. The predicted molar refractivity (Wildman–Crippen MR) is 66.8 cm³/mol. The number of aryl methyl sites for hydroxylation is 1. The van der Waals surface area contributed by atoms with Crippen molar-refractivity contribution in [2.24, 2.45) is 5.73 Å². The molecule has 0 bridgehead atoms. The van der Waals surface area contributed by atoms with Crippen molar-refractivity contribution < 1.29 is 4.79 Å². The number of hydrogen-bond donors (Lipinski definition) is 1. The Hall–Kier alpha value is -1.45. The van der Waals surface area contributed by atoms with Gasteiger partial charge in [0.05, 0.1) is 6.04 Å². The summed E-state index contributed by atoms with van der Waals surface area (Å²) in [5.41, 5.74) is 7.55. The van der Waals surface area contributed by atoms with Crippen LogP contribution >= 0.6 is 11.3 Å². The molecule has 0 aliphatic carbocycles. The molecule has 16 heavy (non-hydrogen) atoms. The first kappa shape index (κ1) is 11.0. The molecule has 0 aliphatic rings. The summed E-state index contributed by atoms with van der Waals surface area (Å²) in [7, 11) is 0. The lowest BCUT2D eigenvalue weighted by Crippen LogP contribution is -2.21. The average molecular weight is 231 g/mol. The highest BCUT2D eigenvalue weighted by molar-refractivity contribution is 7.10. The Balaban J connectivity index is 2.27. The summed E-state index contributed by atoms with van der Waals surface area (Å²) in [4.78, 5) is 13.1. The van der Waals surface area contributed by atoms with Crippen LogP contribution in [0.3, 0.4) is 0 Å². The quantitative estimate of drug-likeness (QED) is 0.825. The number of thiophene rings is 1. The zero-order valence-corrected chi connectivity index (χ0v) is 9.83. The van der Waals surface area contributed by atoms with Crippen molar-refractivity contribution in [3.8, 4) is 0 Å². The lowest BCUT2D eigenvalue weighted by Gasteiger charge is -2.10. The van der Waals surface area contributed by atoms with Gasteiger partial charge in [0.1, 0.15) is 0 Å². The normalized spacial score (nSPS) is 12.4. The maximum absolute atomic E-state index is 12.1. The van der Waals surface area contributed by atoms with Crippen molar-refractivity contribution in [1.82, 2.24) is 0 Å². The highest BCUT2D eigenvalue weighted by Crippen LogP contribution is 2.21. The van der Waals surface area contributed by atoms with Crippen LogP contribution in [0.5, 0.6) is 0 Å². The van der Waals surface area contributed by atoms with Gasteiger partial charge < -0.3 is 5.73 Å². The maximum atomic E-state index is 12.1. The van der Waals surface area contributed by atoms with E-state index in [9.17, 15) is 4.79 Å². The molecule has 1 heterocycles. The molecule has 0 spiro atoms.